The SMILES string of the molecule is COc1cc(CC/C(C)=C(/N=C(\C)c2cc(Cl)ccc2OC)C(=O)N2CCOCC2(C)C)c(C)cc1OC(C)C. The van der Waals surface area contributed by atoms with Crippen molar-refractivity contribution >= 4 is 23.2 Å². The molecule has 1 heterocycles. The fraction of sp³-hybridized carbons (Fsp3) is 0.500. The van der Waals surface area contributed by atoms with Gasteiger partial charge in [0.1, 0.15) is 11.4 Å². The number of ether oxygens (including phenoxy) is 4. The fourth-order valence-corrected chi connectivity index (χ4v) is 4.97. The highest BCUT2D eigenvalue weighted by Gasteiger charge is 2.36. The van der Waals surface area contributed by atoms with Gasteiger partial charge in [-0.05, 0) is 108 Å². The number of methoxy groups -OCH3 is 2. The first-order chi connectivity index (χ1) is 18.9. The van der Waals surface area contributed by atoms with Crippen LogP contribution < -0.4 is 14.2 Å². The van der Waals surface area contributed by atoms with Crippen molar-refractivity contribution in [3.8, 4) is 17.2 Å². The Morgan fingerprint density at radius 3 is 2.42 bits per heavy atom. The number of hydrogen-bond acceptors (Lipinski definition) is 6. The van der Waals surface area contributed by atoms with Crippen LogP contribution in [0.3, 0.4) is 0 Å². The van der Waals surface area contributed by atoms with E-state index in [0.29, 0.717) is 60.5 Å². The van der Waals surface area contributed by atoms with E-state index >= 15 is 0 Å². The Labute approximate surface area is 244 Å². The first kappa shape index (κ1) is 31.5. The van der Waals surface area contributed by atoms with Crippen LogP contribution in [0.25, 0.3) is 0 Å². The molecule has 2 aromatic rings. The third-order valence-corrected chi connectivity index (χ3v) is 7.32. The van der Waals surface area contributed by atoms with Crippen LogP contribution in [0.15, 0.2) is 46.6 Å². The lowest BCUT2D eigenvalue weighted by atomic mass is 9.97. The lowest BCUT2D eigenvalue weighted by Crippen LogP contribution is -2.55. The highest BCUT2D eigenvalue weighted by molar-refractivity contribution is 6.31. The first-order valence-electron chi connectivity index (χ1n) is 13.7. The molecule has 7 nitrogen and oxygen atoms in total. The van der Waals surface area contributed by atoms with Crippen molar-refractivity contribution in [3.63, 3.8) is 0 Å². The standard InChI is InChI=1S/C32H43ClN2O5/c1-20(2)40-29-16-22(4)24(17-28(29)38-9)11-10-21(3)30(31(36)35-14-15-39-19-32(35,6)7)34-23(5)26-18-25(33)12-13-27(26)37-8/h12-13,16-18,20H,10-11,14-15,19H2,1-9H3/b30-21+,34-23+. The van der Waals surface area contributed by atoms with Crippen molar-refractivity contribution in [3.05, 3.63) is 63.3 Å². The van der Waals surface area contributed by atoms with Crippen molar-refractivity contribution in [2.75, 3.05) is 34.0 Å². The second-order valence-electron chi connectivity index (χ2n) is 11.1. The first-order valence-corrected chi connectivity index (χ1v) is 14.1. The van der Waals surface area contributed by atoms with Crippen LogP contribution in [0.2, 0.25) is 5.02 Å². The normalized spacial score (nSPS) is 16.1. The van der Waals surface area contributed by atoms with E-state index in [1.54, 1.807) is 20.3 Å². The molecule has 40 heavy (non-hydrogen) atoms. The van der Waals surface area contributed by atoms with Crippen LogP contribution in [-0.4, -0.2) is 62.1 Å². The quantitative estimate of drug-likeness (QED) is 0.232. The Balaban J connectivity index is 2.03. The lowest BCUT2D eigenvalue weighted by Gasteiger charge is -2.42. The number of allylic oxidation sites excluding steroid dienone is 1. The number of morpholine rings is 1. The molecule has 1 aliphatic heterocycles. The third-order valence-electron chi connectivity index (χ3n) is 7.08. The molecule has 0 atom stereocenters. The minimum Gasteiger partial charge on any atom is -0.496 e. The molecule has 0 aliphatic carbocycles. The monoisotopic (exact) mass is 570 g/mol. The van der Waals surface area contributed by atoms with E-state index in [1.807, 2.05) is 70.7 Å². The van der Waals surface area contributed by atoms with E-state index in [4.69, 9.17) is 35.5 Å². The second-order valence-corrected chi connectivity index (χ2v) is 11.5. The smallest absolute Gasteiger partial charge is 0.273 e. The van der Waals surface area contributed by atoms with Crippen LogP contribution in [0.5, 0.6) is 17.2 Å². The summed E-state index contributed by atoms with van der Waals surface area (Å²) in [5, 5.41) is 0.572. The largest absolute Gasteiger partial charge is 0.496 e. The van der Waals surface area contributed by atoms with Gasteiger partial charge < -0.3 is 23.8 Å². The van der Waals surface area contributed by atoms with Crippen LogP contribution in [0.4, 0.5) is 0 Å². The second kappa shape index (κ2) is 13.6. The minimum absolute atomic E-state index is 0.0431. The number of carbonyl (C=O) groups is 1. The zero-order valence-electron chi connectivity index (χ0n) is 25.3. The molecule has 0 spiro atoms. The number of aliphatic imine (C=N–C) groups is 1. The van der Waals surface area contributed by atoms with Gasteiger partial charge in [-0.3, -0.25) is 4.79 Å². The molecular formula is C32H43ClN2O5. The molecular weight excluding hydrogens is 528 g/mol. The maximum Gasteiger partial charge on any atom is 0.273 e. The van der Waals surface area contributed by atoms with Gasteiger partial charge in [-0.15, -0.1) is 0 Å². The number of carbonyl (C=O) groups excluding carboxylic acids is 1. The molecule has 3 rings (SSSR count). The summed E-state index contributed by atoms with van der Waals surface area (Å²) in [6.07, 6.45) is 1.40. The van der Waals surface area contributed by atoms with Crippen molar-refractivity contribution in [1.29, 1.82) is 0 Å². The van der Waals surface area contributed by atoms with Crippen LogP contribution in [-0.2, 0) is 16.0 Å². The van der Waals surface area contributed by atoms with Gasteiger partial charge in [0.2, 0.25) is 0 Å². The van der Waals surface area contributed by atoms with Gasteiger partial charge in [0.15, 0.2) is 11.5 Å². The number of nitrogens with zero attached hydrogens (tertiary/aromatic N) is 2. The highest BCUT2D eigenvalue weighted by Crippen LogP contribution is 2.33. The molecule has 2 aromatic carbocycles. The zero-order valence-corrected chi connectivity index (χ0v) is 26.1. The molecule has 8 heteroatoms. The van der Waals surface area contributed by atoms with E-state index in [9.17, 15) is 4.79 Å². The van der Waals surface area contributed by atoms with Crippen molar-refractivity contribution in [1.82, 2.24) is 4.90 Å². The lowest BCUT2D eigenvalue weighted by molar-refractivity contribution is -0.142. The molecule has 0 aromatic heterocycles. The maximum absolute atomic E-state index is 14.1. The fourth-order valence-electron chi connectivity index (χ4n) is 4.80. The Hall–Kier alpha value is -3.03. The maximum atomic E-state index is 14.1. The molecule has 0 N–H and O–H groups in total. The molecule has 0 unspecified atom stereocenters. The highest BCUT2D eigenvalue weighted by atomic mass is 35.5. The van der Waals surface area contributed by atoms with Crippen LogP contribution >= 0.6 is 11.6 Å². The minimum atomic E-state index is -0.450. The molecule has 218 valence electrons. The molecule has 0 bridgehead atoms. The van der Waals surface area contributed by atoms with E-state index < -0.39 is 5.54 Å². The Kier molecular flexibility index (Phi) is 10.7. The molecule has 0 saturated carbocycles. The van der Waals surface area contributed by atoms with Crippen LogP contribution in [0.1, 0.15) is 64.7 Å². The summed E-state index contributed by atoms with van der Waals surface area (Å²) in [6, 6.07) is 9.44. The summed E-state index contributed by atoms with van der Waals surface area (Å²) in [5.74, 6) is 1.96. The molecule has 1 amide bonds. The van der Waals surface area contributed by atoms with E-state index in [1.165, 1.54) is 0 Å². The van der Waals surface area contributed by atoms with E-state index in [2.05, 4.69) is 6.92 Å². The molecule has 0 radical (unpaired) electrons. The Morgan fingerprint density at radius 1 is 1.10 bits per heavy atom. The van der Waals surface area contributed by atoms with E-state index in [0.717, 1.165) is 28.0 Å². The number of benzene rings is 2. The summed E-state index contributed by atoms with van der Waals surface area (Å²) in [7, 11) is 3.26. The van der Waals surface area contributed by atoms with Crippen molar-refractivity contribution in [2.45, 2.75) is 73.0 Å². The number of hydrogen-bond donors (Lipinski definition) is 0. The van der Waals surface area contributed by atoms with Gasteiger partial charge >= 0.3 is 0 Å². The molecule has 1 aliphatic rings. The van der Waals surface area contributed by atoms with Gasteiger partial charge in [0, 0.05) is 22.8 Å². The summed E-state index contributed by atoms with van der Waals surface area (Å²) in [4.78, 5) is 20.9. The van der Waals surface area contributed by atoms with Gasteiger partial charge in [0.25, 0.3) is 5.91 Å². The average Bonchev–Trinajstić information content (AvgIpc) is 2.90. The number of aryl methyl sites for hydroxylation is 2. The average molecular weight is 571 g/mol. The third kappa shape index (κ3) is 7.58. The molecule has 1 saturated heterocycles. The Bertz CT molecular complexity index is 1280. The molecule has 1 fully saturated rings. The summed E-state index contributed by atoms with van der Waals surface area (Å²) in [6.45, 7) is 15.4. The predicted molar refractivity (Wildman–Crippen MR) is 161 cm³/mol. The van der Waals surface area contributed by atoms with Gasteiger partial charge in [-0.1, -0.05) is 11.6 Å². The summed E-state index contributed by atoms with van der Waals surface area (Å²) < 4.78 is 22.8. The van der Waals surface area contributed by atoms with Gasteiger partial charge in [-0.25, -0.2) is 4.99 Å². The van der Waals surface area contributed by atoms with Crippen molar-refractivity contribution in [2.24, 2.45) is 4.99 Å². The van der Waals surface area contributed by atoms with Gasteiger partial charge in [0.05, 0.1) is 39.1 Å². The predicted octanol–water partition coefficient (Wildman–Crippen LogP) is 6.81. The Morgan fingerprint density at radius 2 is 1.80 bits per heavy atom. The zero-order chi connectivity index (χ0) is 29.6. The summed E-state index contributed by atoms with van der Waals surface area (Å²) >= 11 is 6.30. The number of amides is 1. The van der Waals surface area contributed by atoms with E-state index in [-0.39, 0.29) is 12.0 Å². The number of rotatable bonds is 10. The van der Waals surface area contributed by atoms with Crippen LogP contribution in [0, 0.1) is 6.92 Å². The van der Waals surface area contributed by atoms with Crippen molar-refractivity contribution < 1.29 is 23.7 Å². The topological polar surface area (TPSA) is 69.6 Å². The number of halogens is 1. The summed E-state index contributed by atoms with van der Waals surface area (Å²) in [5.41, 5.74) is 4.51. The van der Waals surface area contributed by atoms with Gasteiger partial charge in [-0.2, -0.15) is 0 Å².